The molecule has 7 heteroatoms. The van der Waals surface area contributed by atoms with E-state index in [4.69, 9.17) is 15.2 Å². The predicted molar refractivity (Wildman–Crippen MR) is 112 cm³/mol. The van der Waals surface area contributed by atoms with Crippen LogP contribution >= 0.6 is 0 Å². The fraction of sp³-hybridized carbons (Fsp3) is 0.391. The van der Waals surface area contributed by atoms with Crippen molar-refractivity contribution < 1.29 is 24.2 Å². The van der Waals surface area contributed by atoms with Crippen LogP contribution < -0.4 is 10.5 Å². The topological polar surface area (TPSA) is 102 Å². The lowest BCUT2D eigenvalue weighted by molar-refractivity contribution is -0.180. The van der Waals surface area contributed by atoms with Crippen molar-refractivity contribution in [1.82, 2.24) is 4.90 Å². The summed E-state index contributed by atoms with van der Waals surface area (Å²) in [6.07, 6.45) is 1.15. The quantitative estimate of drug-likeness (QED) is 0.657. The Bertz CT molecular complexity index is 871. The van der Waals surface area contributed by atoms with Crippen LogP contribution in [0.2, 0.25) is 0 Å². The summed E-state index contributed by atoms with van der Waals surface area (Å²) < 4.78 is 11.7. The van der Waals surface area contributed by atoms with E-state index in [0.29, 0.717) is 12.1 Å². The van der Waals surface area contributed by atoms with Gasteiger partial charge >= 0.3 is 5.97 Å². The number of carbonyl (C=O) groups excluding carboxylic acids is 1. The van der Waals surface area contributed by atoms with Crippen molar-refractivity contribution in [3.05, 3.63) is 65.7 Å². The zero-order chi connectivity index (χ0) is 21.7. The maximum Gasteiger partial charge on any atom is 0.351 e. The second-order valence-electron chi connectivity index (χ2n) is 7.75. The first kappa shape index (κ1) is 21.8. The number of aliphatic carboxylic acids is 1. The molecular formula is C23H28N2O5. The molecule has 0 radical (unpaired) electrons. The molecule has 3 N–H and O–H groups in total. The molecule has 160 valence electrons. The van der Waals surface area contributed by atoms with Gasteiger partial charge in [-0.2, -0.15) is 0 Å². The van der Waals surface area contributed by atoms with Gasteiger partial charge in [-0.25, -0.2) is 4.79 Å². The van der Waals surface area contributed by atoms with Crippen molar-refractivity contribution >= 4 is 11.9 Å². The van der Waals surface area contributed by atoms with Crippen LogP contribution in [0.3, 0.4) is 0 Å². The number of carboxylic acids is 1. The zero-order valence-electron chi connectivity index (χ0n) is 17.3. The second kappa shape index (κ2) is 9.28. The number of benzene rings is 2. The molecule has 3 rings (SSSR count). The minimum atomic E-state index is -1.40. The van der Waals surface area contributed by atoms with Gasteiger partial charge in [-0.05, 0) is 56.5 Å². The monoisotopic (exact) mass is 412 g/mol. The van der Waals surface area contributed by atoms with Gasteiger partial charge in [0.25, 0.3) is 0 Å². The van der Waals surface area contributed by atoms with Crippen LogP contribution in [-0.4, -0.2) is 52.9 Å². The molecule has 2 aromatic rings. The summed E-state index contributed by atoms with van der Waals surface area (Å²) in [7, 11) is 0. The minimum absolute atomic E-state index is 0.0244. The smallest absolute Gasteiger partial charge is 0.351 e. The molecule has 3 atom stereocenters. The number of hydrogen-bond donors (Lipinski definition) is 2. The van der Waals surface area contributed by atoms with E-state index in [9.17, 15) is 14.7 Å². The molecule has 1 aliphatic rings. The summed E-state index contributed by atoms with van der Waals surface area (Å²) in [5, 5.41) is 9.81. The van der Waals surface area contributed by atoms with Gasteiger partial charge in [0.15, 0.2) is 0 Å². The molecule has 0 saturated carbocycles. The fourth-order valence-electron chi connectivity index (χ4n) is 3.76. The Morgan fingerprint density at radius 2 is 1.90 bits per heavy atom. The fourth-order valence-corrected chi connectivity index (χ4v) is 3.76. The van der Waals surface area contributed by atoms with Gasteiger partial charge in [0, 0.05) is 18.2 Å². The highest BCUT2D eigenvalue weighted by molar-refractivity contribution is 5.92. The van der Waals surface area contributed by atoms with E-state index in [-0.39, 0.29) is 18.8 Å². The Kier molecular flexibility index (Phi) is 6.74. The Hall–Kier alpha value is -2.90. The number of para-hydroxylation sites is 1. The van der Waals surface area contributed by atoms with E-state index in [1.165, 1.54) is 0 Å². The Labute approximate surface area is 176 Å². The average Bonchev–Trinajstić information content (AvgIpc) is 3.09. The van der Waals surface area contributed by atoms with Crippen LogP contribution in [0.25, 0.3) is 0 Å². The number of carboxylic acid groups (broad SMARTS) is 1. The van der Waals surface area contributed by atoms with E-state index in [2.05, 4.69) is 0 Å². The summed E-state index contributed by atoms with van der Waals surface area (Å²) in [6.45, 7) is 4.35. The number of nitrogens with zero attached hydrogens (tertiary/aromatic N) is 1. The maximum absolute atomic E-state index is 12.0. The van der Waals surface area contributed by atoms with Gasteiger partial charge in [-0.3, -0.25) is 9.69 Å². The molecule has 30 heavy (non-hydrogen) atoms. The molecule has 1 heterocycles. The number of aryl methyl sites for hydroxylation is 1. The van der Waals surface area contributed by atoms with Crippen LogP contribution in [-0.2, 0) is 16.0 Å². The lowest BCUT2D eigenvalue weighted by atomic mass is 10.0. The van der Waals surface area contributed by atoms with Crippen LogP contribution in [0, 0.1) is 0 Å². The van der Waals surface area contributed by atoms with Crippen LogP contribution in [0.4, 0.5) is 0 Å². The van der Waals surface area contributed by atoms with Gasteiger partial charge in [-0.15, -0.1) is 0 Å². The number of nitrogens with two attached hydrogens (primary N) is 1. The van der Waals surface area contributed by atoms with Crippen molar-refractivity contribution in [3.8, 4) is 5.75 Å². The third kappa shape index (κ3) is 4.98. The van der Waals surface area contributed by atoms with Crippen LogP contribution in [0.1, 0.15) is 36.2 Å². The van der Waals surface area contributed by atoms with Gasteiger partial charge in [0.2, 0.25) is 11.6 Å². The van der Waals surface area contributed by atoms with E-state index in [1.54, 1.807) is 19.1 Å². The number of carbonyl (C=O) groups is 2. The highest BCUT2D eigenvalue weighted by Crippen LogP contribution is 2.31. The van der Waals surface area contributed by atoms with E-state index >= 15 is 0 Å². The van der Waals surface area contributed by atoms with Gasteiger partial charge in [0.05, 0.1) is 0 Å². The summed E-state index contributed by atoms with van der Waals surface area (Å²) >= 11 is 0. The van der Waals surface area contributed by atoms with Crippen molar-refractivity contribution in [2.24, 2.45) is 5.73 Å². The lowest BCUT2D eigenvalue weighted by Gasteiger charge is -2.34. The Balaban J connectivity index is 1.61. The molecule has 7 nitrogen and oxygen atoms in total. The standard InChI is InChI=1S/C23H28N2O5/c1-16(8-9-17-10-12-18(13-11-17)21(24)26)25-14-20(30-23(25,2)22(27)28)15-29-19-6-4-3-5-7-19/h3-7,10-13,16,20H,8-9,14-15H2,1-2H3,(H2,24,26)(H,27,28)/t16-,20?,23?/m0/s1. The van der Waals surface area contributed by atoms with Crippen molar-refractivity contribution in [3.63, 3.8) is 0 Å². The normalized spacial score (nSPS) is 22.5. The molecule has 0 spiro atoms. The highest BCUT2D eigenvalue weighted by atomic mass is 16.6. The van der Waals surface area contributed by atoms with Crippen LogP contribution in [0.15, 0.2) is 54.6 Å². The van der Waals surface area contributed by atoms with E-state index < -0.39 is 17.6 Å². The Morgan fingerprint density at radius 3 is 2.50 bits per heavy atom. The SMILES string of the molecule is C[C@@H](CCc1ccc(C(N)=O)cc1)N1CC(COc2ccccc2)OC1(C)C(=O)O. The number of primary amides is 1. The molecule has 0 aliphatic carbocycles. The number of amides is 1. The van der Waals surface area contributed by atoms with E-state index in [1.807, 2.05) is 54.3 Å². The van der Waals surface area contributed by atoms with Gasteiger partial charge in [0.1, 0.15) is 18.5 Å². The summed E-state index contributed by atoms with van der Waals surface area (Å²) in [6, 6.07) is 16.5. The first-order valence-electron chi connectivity index (χ1n) is 10.0. The number of hydrogen-bond acceptors (Lipinski definition) is 5. The van der Waals surface area contributed by atoms with E-state index in [0.717, 1.165) is 24.2 Å². The predicted octanol–water partition coefficient (Wildman–Crippen LogP) is 2.69. The second-order valence-corrected chi connectivity index (χ2v) is 7.75. The Morgan fingerprint density at radius 1 is 1.23 bits per heavy atom. The minimum Gasteiger partial charge on any atom is -0.491 e. The third-order valence-electron chi connectivity index (χ3n) is 5.54. The number of ether oxygens (including phenoxy) is 2. The molecule has 1 saturated heterocycles. The molecule has 1 amide bonds. The van der Waals surface area contributed by atoms with Crippen molar-refractivity contribution in [2.45, 2.75) is 44.6 Å². The summed E-state index contributed by atoms with van der Waals surface area (Å²) in [5.41, 5.74) is 5.41. The maximum atomic E-state index is 12.0. The van der Waals surface area contributed by atoms with Gasteiger partial charge in [-0.1, -0.05) is 30.3 Å². The molecule has 0 bridgehead atoms. The zero-order valence-corrected chi connectivity index (χ0v) is 17.3. The largest absolute Gasteiger partial charge is 0.491 e. The van der Waals surface area contributed by atoms with Gasteiger partial charge < -0.3 is 20.3 Å². The molecule has 1 fully saturated rings. The first-order valence-corrected chi connectivity index (χ1v) is 10.0. The highest BCUT2D eigenvalue weighted by Gasteiger charge is 2.51. The van der Waals surface area contributed by atoms with Crippen molar-refractivity contribution in [1.29, 1.82) is 0 Å². The molecule has 2 aromatic carbocycles. The molecular weight excluding hydrogens is 384 g/mol. The van der Waals surface area contributed by atoms with Crippen LogP contribution in [0.5, 0.6) is 5.75 Å². The summed E-state index contributed by atoms with van der Waals surface area (Å²) in [4.78, 5) is 25.1. The molecule has 2 unspecified atom stereocenters. The third-order valence-corrected chi connectivity index (χ3v) is 5.54. The molecule has 0 aromatic heterocycles. The number of rotatable bonds is 9. The van der Waals surface area contributed by atoms with Crippen molar-refractivity contribution in [2.75, 3.05) is 13.2 Å². The molecule has 1 aliphatic heterocycles. The average molecular weight is 412 g/mol. The first-order chi connectivity index (χ1) is 14.3. The summed E-state index contributed by atoms with van der Waals surface area (Å²) in [5.74, 6) is -0.739. The lowest BCUT2D eigenvalue weighted by Crippen LogP contribution is -2.52.